The Balaban J connectivity index is 1.52. The average molecular weight is 496 g/mol. The highest BCUT2D eigenvalue weighted by molar-refractivity contribution is 5.97. The van der Waals surface area contributed by atoms with Gasteiger partial charge >= 0.3 is 0 Å². The lowest BCUT2D eigenvalue weighted by Gasteiger charge is -2.34. The molecule has 8 heteroatoms. The summed E-state index contributed by atoms with van der Waals surface area (Å²) >= 11 is 0. The molecule has 2 fully saturated rings. The molecule has 1 saturated carbocycles. The van der Waals surface area contributed by atoms with Crippen LogP contribution in [0.5, 0.6) is 0 Å². The van der Waals surface area contributed by atoms with Gasteiger partial charge in [-0.15, -0.1) is 0 Å². The molecule has 3 atom stereocenters. The van der Waals surface area contributed by atoms with Crippen LogP contribution >= 0.6 is 0 Å². The zero-order chi connectivity index (χ0) is 25.4. The maximum absolute atomic E-state index is 14.2. The maximum atomic E-state index is 14.2. The number of likely N-dealkylation sites (tertiary alicyclic amines) is 1. The van der Waals surface area contributed by atoms with E-state index in [1.807, 2.05) is 24.1 Å². The van der Waals surface area contributed by atoms with Crippen molar-refractivity contribution in [3.05, 3.63) is 41.5 Å². The molecule has 3 aliphatic rings. The minimum atomic E-state index is -0.520. The lowest BCUT2D eigenvalue weighted by atomic mass is 9.83. The molecule has 0 spiro atoms. The summed E-state index contributed by atoms with van der Waals surface area (Å²) in [5.74, 6) is -0.237. The van der Waals surface area contributed by atoms with Gasteiger partial charge in [0.25, 0.3) is 0 Å². The summed E-state index contributed by atoms with van der Waals surface area (Å²) in [4.78, 5) is 34.7. The number of aromatic amines is 1. The van der Waals surface area contributed by atoms with Gasteiger partial charge in [0.1, 0.15) is 11.9 Å². The average Bonchev–Trinajstić information content (AvgIpc) is 3.60. The van der Waals surface area contributed by atoms with Crippen LogP contribution in [-0.4, -0.2) is 71.4 Å². The number of hydrogen-bond donors (Lipinski definition) is 3. The lowest BCUT2D eigenvalue weighted by molar-refractivity contribution is -0.136. The predicted octanol–water partition coefficient (Wildman–Crippen LogP) is 3.63. The molecule has 5 rings (SSSR count). The first-order chi connectivity index (χ1) is 17.4. The number of amides is 2. The standard InChI is InChI=1S/C28H38FN5O2/c1-4-33-16-22(21-15-31-23-14-19(29)10-11-20(21)23)26-24(33)12-13-34(26)28(36)25(18-8-6-5-7-9-18)32-27(35)17(2)30-3/h10-11,14-15,17-18,24-25,30-31H,4-9,12-13,16H2,1-3H3,(H,32,35). The zero-order valence-corrected chi connectivity index (χ0v) is 21.6. The highest BCUT2D eigenvalue weighted by Gasteiger charge is 2.45. The second kappa shape index (κ2) is 10.3. The van der Waals surface area contributed by atoms with E-state index in [4.69, 9.17) is 0 Å². The summed E-state index contributed by atoms with van der Waals surface area (Å²) in [6, 6.07) is 4.12. The summed E-state index contributed by atoms with van der Waals surface area (Å²) in [5, 5.41) is 7.09. The Bertz CT molecular complexity index is 1170. The number of likely N-dealkylation sites (N-methyl/N-ethyl adjacent to an activating group) is 2. The molecule has 1 aromatic heterocycles. The van der Waals surface area contributed by atoms with Gasteiger partial charge in [0.15, 0.2) is 0 Å². The van der Waals surface area contributed by atoms with Crippen LogP contribution in [0.15, 0.2) is 30.1 Å². The molecule has 0 radical (unpaired) electrons. The minimum Gasteiger partial charge on any atom is -0.360 e. The molecule has 3 heterocycles. The van der Waals surface area contributed by atoms with E-state index < -0.39 is 6.04 Å². The fraction of sp³-hybridized carbons (Fsp3) is 0.571. The summed E-state index contributed by atoms with van der Waals surface area (Å²) in [6.07, 6.45) is 8.13. The molecule has 2 aromatic rings. The normalized spacial score (nSPS) is 22.8. The van der Waals surface area contributed by atoms with Gasteiger partial charge in [-0.05, 0) is 69.5 Å². The van der Waals surface area contributed by atoms with Crippen LogP contribution in [0.1, 0.15) is 57.9 Å². The maximum Gasteiger partial charge on any atom is 0.249 e. The number of H-pyrrole nitrogens is 1. The van der Waals surface area contributed by atoms with E-state index in [0.717, 1.165) is 72.9 Å². The highest BCUT2D eigenvalue weighted by atomic mass is 19.1. The molecule has 194 valence electrons. The van der Waals surface area contributed by atoms with E-state index in [2.05, 4.69) is 27.4 Å². The Morgan fingerprint density at radius 3 is 2.69 bits per heavy atom. The molecule has 3 unspecified atom stereocenters. The van der Waals surface area contributed by atoms with E-state index in [-0.39, 0.29) is 35.6 Å². The summed E-state index contributed by atoms with van der Waals surface area (Å²) in [6.45, 7) is 6.26. The Morgan fingerprint density at radius 2 is 1.97 bits per heavy atom. The van der Waals surface area contributed by atoms with Crippen molar-refractivity contribution in [3.8, 4) is 0 Å². The van der Waals surface area contributed by atoms with Crippen LogP contribution in [0.25, 0.3) is 16.5 Å². The minimum absolute atomic E-state index is 0.0115. The number of carbonyl (C=O) groups excluding carboxylic acids is 2. The second-order valence-electron chi connectivity index (χ2n) is 10.5. The first-order valence-corrected chi connectivity index (χ1v) is 13.5. The Kier molecular flexibility index (Phi) is 7.17. The quantitative estimate of drug-likeness (QED) is 0.548. The van der Waals surface area contributed by atoms with Crippen molar-refractivity contribution in [2.45, 2.75) is 70.5 Å². The smallest absolute Gasteiger partial charge is 0.249 e. The third-order valence-corrected chi connectivity index (χ3v) is 8.50. The summed E-state index contributed by atoms with van der Waals surface area (Å²) in [5.41, 5.74) is 3.98. The van der Waals surface area contributed by atoms with Gasteiger partial charge in [-0.1, -0.05) is 26.2 Å². The van der Waals surface area contributed by atoms with Crippen molar-refractivity contribution in [1.82, 2.24) is 25.4 Å². The number of nitrogens with one attached hydrogen (secondary N) is 3. The van der Waals surface area contributed by atoms with Crippen molar-refractivity contribution >= 4 is 28.3 Å². The lowest BCUT2D eigenvalue weighted by Crippen LogP contribution is -2.55. The summed E-state index contributed by atoms with van der Waals surface area (Å²) < 4.78 is 13.8. The zero-order valence-electron chi connectivity index (χ0n) is 21.6. The molecule has 7 nitrogen and oxygen atoms in total. The molecular formula is C28H38FN5O2. The molecule has 0 bridgehead atoms. The topological polar surface area (TPSA) is 80.5 Å². The second-order valence-corrected chi connectivity index (χ2v) is 10.5. The van der Waals surface area contributed by atoms with Crippen LogP contribution in [-0.2, 0) is 9.59 Å². The van der Waals surface area contributed by atoms with E-state index in [1.54, 1.807) is 7.05 Å². The highest BCUT2D eigenvalue weighted by Crippen LogP contribution is 2.42. The number of fused-ring (bicyclic) bond motifs is 2. The van der Waals surface area contributed by atoms with Gasteiger partial charge in [0.05, 0.1) is 12.1 Å². The molecule has 36 heavy (non-hydrogen) atoms. The van der Waals surface area contributed by atoms with E-state index in [1.165, 1.54) is 18.6 Å². The van der Waals surface area contributed by atoms with Gasteiger partial charge in [-0.3, -0.25) is 14.5 Å². The molecule has 1 saturated heterocycles. The number of hydrogen-bond acceptors (Lipinski definition) is 4. The van der Waals surface area contributed by atoms with Gasteiger partial charge in [-0.2, -0.15) is 0 Å². The van der Waals surface area contributed by atoms with Gasteiger partial charge in [0.2, 0.25) is 11.8 Å². The van der Waals surface area contributed by atoms with Crippen molar-refractivity contribution in [2.75, 3.05) is 26.7 Å². The number of halogens is 1. The van der Waals surface area contributed by atoms with E-state index in [0.29, 0.717) is 6.54 Å². The molecular weight excluding hydrogens is 457 g/mol. The van der Waals surface area contributed by atoms with Crippen LogP contribution in [0.2, 0.25) is 0 Å². The van der Waals surface area contributed by atoms with Crippen molar-refractivity contribution in [1.29, 1.82) is 0 Å². The van der Waals surface area contributed by atoms with Crippen molar-refractivity contribution in [2.24, 2.45) is 5.92 Å². The predicted molar refractivity (Wildman–Crippen MR) is 140 cm³/mol. The number of aromatic nitrogens is 1. The monoisotopic (exact) mass is 495 g/mol. The Labute approximate surface area is 212 Å². The number of carbonyl (C=O) groups is 2. The molecule has 2 amide bonds. The third-order valence-electron chi connectivity index (χ3n) is 8.50. The number of benzene rings is 1. The molecule has 1 aliphatic carbocycles. The first-order valence-electron chi connectivity index (χ1n) is 13.5. The van der Waals surface area contributed by atoms with Crippen LogP contribution < -0.4 is 10.6 Å². The van der Waals surface area contributed by atoms with Gasteiger partial charge < -0.3 is 20.5 Å². The largest absolute Gasteiger partial charge is 0.360 e. The summed E-state index contributed by atoms with van der Waals surface area (Å²) in [7, 11) is 1.76. The molecule has 1 aromatic carbocycles. The van der Waals surface area contributed by atoms with E-state index >= 15 is 0 Å². The van der Waals surface area contributed by atoms with E-state index in [9.17, 15) is 14.0 Å². The molecule has 3 N–H and O–H groups in total. The Hall–Kier alpha value is -2.71. The molecule has 2 aliphatic heterocycles. The SMILES string of the molecule is CCN1CC(c2c[nH]c3cc(F)ccc23)=C2C1CCN2C(=O)C(NC(=O)C(C)NC)C1CCCCC1. The Morgan fingerprint density at radius 1 is 1.19 bits per heavy atom. The van der Waals surface area contributed by atoms with Crippen LogP contribution in [0.4, 0.5) is 4.39 Å². The fourth-order valence-corrected chi connectivity index (χ4v) is 6.36. The first kappa shape index (κ1) is 25.0. The number of nitrogens with zero attached hydrogens (tertiary/aromatic N) is 2. The van der Waals surface area contributed by atoms with Gasteiger partial charge in [-0.25, -0.2) is 4.39 Å². The van der Waals surface area contributed by atoms with Crippen molar-refractivity contribution in [3.63, 3.8) is 0 Å². The van der Waals surface area contributed by atoms with Gasteiger partial charge in [0, 0.05) is 41.4 Å². The van der Waals surface area contributed by atoms with Crippen molar-refractivity contribution < 1.29 is 14.0 Å². The third kappa shape index (κ3) is 4.45. The fourth-order valence-electron chi connectivity index (χ4n) is 6.36. The number of rotatable bonds is 7. The van der Waals surface area contributed by atoms with Crippen LogP contribution in [0.3, 0.4) is 0 Å². The van der Waals surface area contributed by atoms with Crippen LogP contribution in [0, 0.1) is 11.7 Å².